The van der Waals surface area contributed by atoms with Crippen molar-refractivity contribution in [2.24, 2.45) is 5.73 Å². The van der Waals surface area contributed by atoms with Gasteiger partial charge in [0.15, 0.2) is 0 Å². The molecular weight excluding hydrogens is 189 g/mol. The Hall–Kier alpha value is -1.67. The SMILES string of the molecule is NC(c1ccccc1)c1ccccc1F. The van der Waals surface area contributed by atoms with Crippen LogP contribution in [0.25, 0.3) is 0 Å². The fourth-order valence-corrected chi connectivity index (χ4v) is 1.57. The van der Waals surface area contributed by atoms with Crippen molar-refractivity contribution in [2.75, 3.05) is 0 Å². The molecule has 0 aliphatic heterocycles. The lowest BCUT2D eigenvalue weighted by Crippen LogP contribution is -2.13. The summed E-state index contributed by atoms with van der Waals surface area (Å²) in [5.74, 6) is -0.256. The second kappa shape index (κ2) is 4.24. The molecule has 0 saturated heterocycles. The van der Waals surface area contributed by atoms with Gasteiger partial charge in [0.2, 0.25) is 0 Å². The van der Waals surface area contributed by atoms with E-state index in [1.807, 2.05) is 30.3 Å². The third-order valence-electron chi connectivity index (χ3n) is 2.40. The van der Waals surface area contributed by atoms with Gasteiger partial charge in [0, 0.05) is 5.56 Å². The van der Waals surface area contributed by atoms with Crippen molar-refractivity contribution >= 4 is 0 Å². The molecular formula is C13H12FN. The summed E-state index contributed by atoms with van der Waals surface area (Å²) in [6.07, 6.45) is 0. The molecule has 2 aromatic rings. The average molecular weight is 201 g/mol. The highest BCUT2D eigenvalue weighted by Crippen LogP contribution is 2.21. The summed E-state index contributed by atoms with van der Waals surface area (Å²) in [6, 6.07) is 15.7. The van der Waals surface area contributed by atoms with Crippen LogP contribution in [0.5, 0.6) is 0 Å². The van der Waals surface area contributed by atoms with Crippen molar-refractivity contribution in [3.05, 3.63) is 71.5 Å². The van der Waals surface area contributed by atoms with Gasteiger partial charge in [0.05, 0.1) is 6.04 Å². The van der Waals surface area contributed by atoms with Crippen LogP contribution in [0.15, 0.2) is 54.6 Å². The predicted octanol–water partition coefficient (Wildman–Crippen LogP) is 2.87. The lowest BCUT2D eigenvalue weighted by atomic mass is 9.99. The molecule has 0 fully saturated rings. The van der Waals surface area contributed by atoms with Crippen LogP contribution in [0, 0.1) is 5.82 Å². The summed E-state index contributed by atoms with van der Waals surface area (Å²) in [6.45, 7) is 0. The minimum Gasteiger partial charge on any atom is -0.320 e. The Labute approximate surface area is 88.4 Å². The van der Waals surface area contributed by atoms with Gasteiger partial charge < -0.3 is 5.73 Å². The van der Waals surface area contributed by atoms with Crippen molar-refractivity contribution in [3.63, 3.8) is 0 Å². The van der Waals surface area contributed by atoms with Crippen LogP contribution in [0.3, 0.4) is 0 Å². The van der Waals surface area contributed by atoms with E-state index in [4.69, 9.17) is 5.73 Å². The first-order valence-electron chi connectivity index (χ1n) is 4.84. The first-order chi connectivity index (χ1) is 7.29. The quantitative estimate of drug-likeness (QED) is 0.794. The Bertz CT molecular complexity index is 439. The molecule has 2 heteroatoms. The maximum Gasteiger partial charge on any atom is 0.128 e. The second-order valence-corrected chi connectivity index (χ2v) is 3.41. The zero-order valence-electron chi connectivity index (χ0n) is 8.23. The van der Waals surface area contributed by atoms with Crippen LogP contribution < -0.4 is 5.73 Å². The molecule has 0 amide bonds. The van der Waals surface area contributed by atoms with Gasteiger partial charge in [-0.2, -0.15) is 0 Å². The first kappa shape index (κ1) is 9.87. The van der Waals surface area contributed by atoms with Crippen LogP contribution in [0.4, 0.5) is 4.39 Å². The predicted molar refractivity (Wildman–Crippen MR) is 58.9 cm³/mol. The third kappa shape index (κ3) is 2.05. The van der Waals surface area contributed by atoms with Crippen LogP contribution in [0.2, 0.25) is 0 Å². The molecule has 0 aliphatic carbocycles. The molecule has 0 saturated carbocycles. The summed E-state index contributed by atoms with van der Waals surface area (Å²) in [4.78, 5) is 0. The van der Waals surface area contributed by atoms with Gasteiger partial charge in [-0.15, -0.1) is 0 Å². The largest absolute Gasteiger partial charge is 0.320 e. The Balaban J connectivity index is 2.37. The minimum absolute atomic E-state index is 0.256. The van der Waals surface area contributed by atoms with Gasteiger partial charge in [-0.25, -0.2) is 4.39 Å². The van der Waals surface area contributed by atoms with Gasteiger partial charge in [0.25, 0.3) is 0 Å². The molecule has 0 heterocycles. The Morgan fingerprint density at radius 2 is 1.47 bits per heavy atom. The van der Waals surface area contributed by atoms with E-state index in [-0.39, 0.29) is 5.82 Å². The molecule has 0 spiro atoms. The van der Waals surface area contributed by atoms with E-state index in [1.54, 1.807) is 18.2 Å². The summed E-state index contributed by atoms with van der Waals surface area (Å²) in [5, 5.41) is 0. The molecule has 1 unspecified atom stereocenters. The number of hydrogen-bond donors (Lipinski definition) is 1. The fourth-order valence-electron chi connectivity index (χ4n) is 1.57. The lowest BCUT2D eigenvalue weighted by Gasteiger charge is -2.12. The maximum absolute atomic E-state index is 13.4. The molecule has 0 bridgehead atoms. The zero-order chi connectivity index (χ0) is 10.7. The molecule has 0 radical (unpaired) electrons. The molecule has 2 rings (SSSR count). The zero-order valence-corrected chi connectivity index (χ0v) is 8.23. The van der Waals surface area contributed by atoms with Gasteiger partial charge in [0.1, 0.15) is 5.82 Å². The van der Waals surface area contributed by atoms with E-state index in [0.29, 0.717) is 5.56 Å². The molecule has 1 nitrogen and oxygen atoms in total. The van der Waals surface area contributed by atoms with Crippen LogP contribution >= 0.6 is 0 Å². The Morgan fingerprint density at radius 1 is 0.867 bits per heavy atom. The molecule has 0 aliphatic rings. The van der Waals surface area contributed by atoms with Crippen LogP contribution in [0.1, 0.15) is 17.2 Å². The second-order valence-electron chi connectivity index (χ2n) is 3.41. The summed E-state index contributed by atoms with van der Waals surface area (Å²) in [5.41, 5.74) is 7.43. The van der Waals surface area contributed by atoms with Crippen LogP contribution in [-0.2, 0) is 0 Å². The van der Waals surface area contributed by atoms with Gasteiger partial charge in [-0.3, -0.25) is 0 Å². The normalized spacial score (nSPS) is 12.4. The number of benzene rings is 2. The van der Waals surface area contributed by atoms with Crippen molar-refractivity contribution in [2.45, 2.75) is 6.04 Å². The number of nitrogens with two attached hydrogens (primary N) is 1. The number of halogens is 1. The standard InChI is InChI=1S/C13H12FN/c14-12-9-5-4-8-11(12)13(15)10-6-2-1-3-7-10/h1-9,13H,15H2. The Morgan fingerprint density at radius 3 is 2.13 bits per heavy atom. The van der Waals surface area contributed by atoms with E-state index in [0.717, 1.165) is 5.56 Å². The first-order valence-corrected chi connectivity index (χ1v) is 4.84. The van der Waals surface area contributed by atoms with E-state index < -0.39 is 6.04 Å². The van der Waals surface area contributed by atoms with Crippen molar-refractivity contribution in [1.82, 2.24) is 0 Å². The van der Waals surface area contributed by atoms with E-state index in [9.17, 15) is 4.39 Å². The van der Waals surface area contributed by atoms with E-state index in [2.05, 4.69) is 0 Å². The molecule has 76 valence electrons. The molecule has 2 aromatic carbocycles. The van der Waals surface area contributed by atoms with Gasteiger partial charge in [-0.1, -0.05) is 48.5 Å². The van der Waals surface area contributed by atoms with E-state index >= 15 is 0 Å². The summed E-state index contributed by atoms with van der Waals surface area (Å²) in [7, 11) is 0. The lowest BCUT2D eigenvalue weighted by molar-refractivity contribution is 0.599. The van der Waals surface area contributed by atoms with Gasteiger partial charge >= 0.3 is 0 Å². The topological polar surface area (TPSA) is 26.0 Å². The fraction of sp³-hybridized carbons (Fsp3) is 0.0769. The third-order valence-corrected chi connectivity index (χ3v) is 2.40. The van der Waals surface area contributed by atoms with Crippen molar-refractivity contribution in [1.29, 1.82) is 0 Å². The molecule has 1 atom stereocenters. The number of hydrogen-bond acceptors (Lipinski definition) is 1. The van der Waals surface area contributed by atoms with Crippen LogP contribution in [-0.4, -0.2) is 0 Å². The summed E-state index contributed by atoms with van der Waals surface area (Å²) >= 11 is 0. The number of rotatable bonds is 2. The Kier molecular flexibility index (Phi) is 2.79. The molecule has 0 aromatic heterocycles. The average Bonchev–Trinajstić information content (AvgIpc) is 2.30. The maximum atomic E-state index is 13.4. The smallest absolute Gasteiger partial charge is 0.128 e. The highest BCUT2D eigenvalue weighted by Gasteiger charge is 2.11. The highest BCUT2D eigenvalue weighted by atomic mass is 19.1. The summed E-state index contributed by atoms with van der Waals surface area (Å²) < 4.78 is 13.4. The minimum atomic E-state index is -0.396. The highest BCUT2D eigenvalue weighted by molar-refractivity contribution is 5.31. The van der Waals surface area contributed by atoms with E-state index in [1.165, 1.54) is 6.07 Å². The molecule has 2 N–H and O–H groups in total. The monoisotopic (exact) mass is 201 g/mol. The van der Waals surface area contributed by atoms with Gasteiger partial charge in [-0.05, 0) is 11.6 Å². The molecule has 15 heavy (non-hydrogen) atoms. The van der Waals surface area contributed by atoms with Crippen molar-refractivity contribution in [3.8, 4) is 0 Å². The van der Waals surface area contributed by atoms with Crippen molar-refractivity contribution < 1.29 is 4.39 Å².